The number of rotatable bonds is 3. The van der Waals surface area contributed by atoms with Gasteiger partial charge in [-0.1, -0.05) is 50.3 Å². The molecule has 1 aromatic heterocycles. The van der Waals surface area contributed by atoms with Gasteiger partial charge in [0.1, 0.15) is 17.0 Å². The molecule has 6 heteroatoms. The van der Waals surface area contributed by atoms with Gasteiger partial charge in [0.2, 0.25) is 0 Å². The molecule has 0 N–H and O–H groups in total. The zero-order valence-corrected chi connectivity index (χ0v) is 19.4. The maximum absolute atomic E-state index is 13.8. The summed E-state index contributed by atoms with van der Waals surface area (Å²) in [6.45, 7) is 4.47. The van der Waals surface area contributed by atoms with Crippen molar-refractivity contribution in [1.29, 1.82) is 0 Å². The Hall–Kier alpha value is -3.28. The van der Waals surface area contributed by atoms with Gasteiger partial charge < -0.3 is 9.32 Å². The van der Waals surface area contributed by atoms with Crippen LogP contribution in [0.2, 0.25) is 0 Å². The zero-order valence-electron chi connectivity index (χ0n) is 19.4. The number of hydrogen-bond donors (Lipinski definition) is 0. The molecule has 1 atom stereocenters. The van der Waals surface area contributed by atoms with E-state index in [0.717, 1.165) is 33.2 Å². The predicted octanol–water partition coefficient (Wildman–Crippen LogP) is 8.09. The zero-order chi connectivity index (χ0) is 24.4. The van der Waals surface area contributed by atoms with Crippen molar-refractivity contribution in [2.75, 3.05) is 7.05 Å². The molecule has 0 saturated carbocycles. The first-order chi connectivity index (χ1) is 16.0. The molecule has 0 fully saturated rings. The molecule has 0 spiro atoms. The van der Waals surface area contributed by atoms with Crippen LogP contribution < -0.4 is 0 Å². The summed E-state index contributed by atoms with van der Waals surface area (Å²) in [7, 11) is 1.94. The van der Waals surface area contributed by atoms with Crippen LogP contribution in [0, 0.1) is 18.2 Å². The number of likely N-dealkylation sites (N-methyl/N-ethyl adjacent to an activating group) is 1. The molecule has 2 aliphatic rings. The van der Waals surface area contributed by atoms with E-state index in [9.17, 15) is 17.6 Å². The molecule has 1 aliphatic heterocycles. The average molecular weight is 468 g/mol. The maximum atomic E-state index is 13.8. The third-order valence-electron chi connectivity index (χ3n) is 6.97. The molecule has 0 radical (unpaired) electrons. The lowest BCUT2D eigenvalue weighted by Gasteiger charge is -2.39. The normalized spacial score (nSPS) is 18.8. The monoisotopic (exact) mass is 467 g/mol. The molecule has 1 aliphatic carbocycles. The van der Waals surface area contributed by atoms with Crippen molar-refractivity contribution in [3.05, 3.63) is 88.8 Å². The van der Waals surface area contributed by atoms with E-state index in [1.165, 1.54) is 26.0 Å². The van der Waals surface area contributed by atoms with E-state index in [-0.39, 0.29) is 18.3 Å². The number of halogens is 4. The van der Waals surface area contributed by atoms with Crippen molar-refractivity contribution < 1.29 is 22.0 Å². The highest BCUT2D eigenvalue weighted by molar-refractivity contribution is 6.08. The lowest BCUT2D eigenvalue weighted by molar-refractivity contribution is -0.210. The van der Waals surface area contributed by atoms with E-state index >= 15 is 0 Å². The number of furan rings is 1. The molecule has 34 heavy (non-hydrogen) atoms. The van der Waals surface area contributed by atoms with Crippen molar-refractivity contribution in [1.82, 2.24) is 4.90 Å². The van der Waals surface area contributed by atoms with Crippen LogP contribution in [0.5, 0.6) is 0 Å². The Morgan fingerprint density at radius 2 is 1.74 bits per heavy atom. The molecule has 2 aromatic carbocycles. The Labute approximate surface area is 195 Å². The average Bonchev–Trinajstić information content (AvgIpc) is 3.11. The van der Waals surface area contributed by atoms with E-state index in [4.69, 9.17) is 4.42 Å². The minimum absolute atomic E-state index is 0.0933. The topological polar surface area (TPSA) is 16.4 Å². The van der Waals surface area contributed by atoms with Crippen LogP contribution in [0.15, 0.2) is 76.3 Å². The first-order valence-corrected chi connectivity index (χ1v) is 11.2. The molecule has 2 heterocycles. The van der Waals surface area contributed by atoms with Crippen molar-refractivity contribution >= 4 is 27.6 Å². The summed E-state index contributed by atoms with van der Waals surface area (Å²) in [6.07, 6.45) is 5.08. The first-order valence-electron chi connectivity index (χ1n) is 11.2. The molecular formula is C28H25F4NO. The molecule has 1 unspecified atom stereocenters. The number of aryl methyl sites for hydroxylation is 1. The quantitative estimate of drug-likeness (QED) is 0.362. The van der Waals surface area contributed by atoms with Crippen LogP contribution in [0.25, 0.3) is 27.6 Å². The number of nitrogens with zero attached hydrogens (tertiary/aromatic N) is 1. The second-order valence-corrected chi connectivity index (χ2v) is 9.74. The van der Waals surface area contributed by atoms with Gasteiger partial charge in [0, 0.05) is 35.1 Å². The third-order valence-corrected chi connectivity index (χ3v) is 6.97. The van der Waals surface area contributed by atoms with Crippen LogP contribution in [0.3, 0.4) is 0 Å². The number of alkyl halides is 3. The summed E-state index contributed by atoms with van der Waals surface area (Å²) in [5.74, 6) is -0.361. The molecule has 3 aromatic rings. The van der Waals surface area contributed by atoms with E-state index in [1.54, 1.807) is 12.1 Å². The van der Waals surface area contributed by atoms with Crippen LogP contribution in [0.1, 0.15) is 31.4 Å². The number of fused-ring (bicyclic) bond motifs is 4. The van der Waals surface area contributed by atoms with Crippen LogP contribution in [0.4, 0.5) is 17.6 Å². The molecular weight excluding hydrogens is 442 g/mol. The highest BCUT2D eigenvalue weighted by Crippen LogP contribution is 2.46. The molecule has 2 nitrogen and oxygen atoms in total. The number of allylic oxidation sites excluding steroid dienone is 4. The van der Waals surface area contributed by atoms with Gasteiger partial charge in [-0.2, -0.15) is 13.2 Å². The second-order valence-electron chi connectivity index (χ2n) is 9.74. The van der Waals surface area contributed by atoms with Crippen LogP contribution in [-0.4, -0.2) is 24.2 Å². The van der Waals surface area contributed by atoms with E-state index in [1.807, 2.05) is 50.4 Å². The van der Waals surface area contributed by atoms with Gasteiger partial charge in [-0.05, 0) is 48.3 Å². The molecule has 176 valence electrons. The lowest BCUT2D eigenvalue weighted by Crippen LogP contribution is -2.37. The van der Waals surface area contributed by atoms with Crippen molar-refractivity contribution in [2.24, 2.45) is 5.41 Å². The fourth-order valence-electron chi connectivity index (χ4n) is 4.87. The smallest absolute Gasteiger partial charge is 0.394 e. The van der Waals surface area contributed by atoms with Gasteiger partial charge in [0.25, 0.3) is 0 Å². The minimum Gasteiger partial charge on any atom is -0.455 e. The first kappa shape index (κ1) is 22.5. The lowest BCUT2D eigenvalue weighted by atomic mass is 9.78. The number of hydrogen-bond acceptors (Lipinski definition) is 2. The Bertz CT molecular complexity index is 1430. The SMILES string of the molecule is Cc1ccc2c(oc3cc(F)ccc32)c1C1=CC=C2C(CC(C)(C)C(F)(F)F)=CC=CC2N1C. The van der Waals surface area contributed by atoms with Gasteiger partial charge in [0.15, 0.2) is 0 Å². The molecule has 0 saturated heterocycles. The summed E-state index contributed by atoms with van der Waals surface area (Å²) in [6, 6.07) is 8.31. The van der Waals surface area contributed by atoms with Crippen molar-refractivity contribution in [2.45, 2.75) is 39.4 Å². The van der Waals surface area contributed by atoms with Gasteiger partial charge in [0.05, 0.1) is 11.5 Å². The van der Waals surface area contributed by atoms with Crippen LogP contribution >= 0.6 is 0 Å². The summed E-state index contributed by atoms with van der Waals surface area (Å²) in [4.78, 5) is 2.06. The van der Waals surface area contributed by atoms with Gasteiger partial charge in [-0.3, -0.25) is 0 Å². The Kier molecular flexibility index (Phi) is 5.04. The largest absolute Gasteiger partial charge is 0.455 e. The molecule has 0 bridgehead atoms. The minimum atomic E-state index is -4.29. The standard InChI is InChI=1S/C28H25F4NO/c1-16-8-10-21-20-11-9-18(29)14-24(20)34-26(21)25(16)23-13-12-19-17(6-5-7-22(19)33(23)4)15-27(2,3)28(30,31)32/h5-14,22H,15H2,1-4H3. The van der Waals surface area contributed by atoms with Gasteiger partial charge in [-0.15, -0.1) is 0 Å². The Morgan fingerprint density at radius 3 is 2.47 bits per heavy atom. The summed E-state index contributed by atoms with van der Waals surface area (Å²) in [5, 5.41) is 1.73. The highest BCUT2D eigenvalue weighted by Gasteiger charge is 2.48. The van der Waals surface area contributed by atoms with Gasteiger partial charge >= 0.3 is 6.18 Å². The Morgan fingerprint density at radius 1 is 1.00 bits per heavy atom. The summed E-state index contributed by atoms with van der Waals surface area (Å²) >= 11 is 0. The van der Waals surface area contributed by atoms with Crippen molar-refractivity contribution in [3.63, 3.8) is 0 Å². The summed E-state index contributed by atoms with van der Waals surface area (Å²) < 4.78 is 60.6. The number of benzene rings is 2. The van der Waals surface area contributed by atoms with Gasteiger partial charge in [-0.25, -0.2) is 4.39 Å². The maximum Gasteiger partial charge on any atom is 0.394 e. The predicted molar refractivity (Wildman–Crippen MR) is 128 cm³/mol. The van der Waals surface area contributed by atoms with Crippen molar-refractivity contribution in [3.8, 4) is 0 Å². The Balaban J connectivity index is 1.62. The van der Waals surface area contributed by atoms with E-state index in [0.29, 0.717) is 16.7 Å². The summed E-state index contributed by atoms with van der Waals surface area (Å²) in [5.41, 5.74) is 3.66. The third kappa shape index (κ3) is 3.47. The van der Waals surface area contributed by atoms with E-state index < -0.39 is 11.6 Å². The second kappa shape index (κ2) is 7.62. The van der Waals surface area contributed by atoms with E-state index in [2.05, 4.69) is 4.90 Å². The van der Waals surface area contributed by atoms with Crippen LogP contribution in [-0.2, 0) is 0 Å². The molecule has 5 rings (SSSR count). The fourth-order valence-corrected chi connectivity index (χ4v) is 4.87. The molecule has 0 amide bonds. The fraction of sp³-hybridized carbons (Fsp3) is 0.286. The highest BCUT2D eigenvalue weighted by atomic mass is 19.4.